The molecule has 1 atom stereocenters. The van der Waals surface area contributed by atoms with Gasteiger partial charge in [-0.1, -0.05) is 18.6 Å². The van der Waals surface area contributed by atoms with Crippen LogP contribution in [-0.4, -0.2) is 12.1 Å². The van der Waals surface area contributed by atoms with E-state index in [1.165, 1.54) is 12.8 Å². The normalized spacial score (nSPS) is 39.9. The van der Waals surface area contributed by atoms with E-state index in [1.807, 2.05) is 0 Å². The predicted molar refractivity (Wildman–Crippen MR) is 33.7 cm³/mol. The highest BCUT2D eigenvalue weighted by Gasteiger charge is 2.52. The van der Waals surface area contributed by atoms with Gasteiger partial charge in [-0.15, -0.1) is 0 Å². The summed E-state index contributed by atoms with van der Waals surface area (Å²) in [6, 6.07) is 0. The summed E-state index contributed by atoms with van der Waals surface area (Å²) in [6.45, 7) is 3.29. The van der Waals surface area contributed by atoms with Crippen LogP contribution in [0.1, 0.15) is 19.8 Å². The van der Waals surface area contributed by atoms with Crippen molar-refractivity contribution < 1.29 is 0 Å². The lowest BCUT2D eigenvalue weighted by Gasteiger charge is -2.18. The second-order valence-electron chi connectivity index (χ2n) is 2.72. The summed E-state index contributed by atoms with van der Waals surface area (Å²) in [7, 11) is 0. The molecule has 0 spiro atoms. The Bertz CT molecular complexity index is 144. The second kappa shape index (κ2) is 1.16. The first kappa shape index (κ1) is 4.57. The maximum Gasteiger partial charge on any atom is 0.0467 e. The standard InChI is InChI=1S/C7H11N/c1-2-8-7-4-3-6(7)5-7/h3,8H,2,4-5H2,1H3. The Labute approximate surface area is 49.8 Å². The minimum Gasteiger partial charge on any atom is -0.307 e. The van der Waals surface area contributed by atoms with E-state index in [1.54, 1.807) is 5.57 Å². The molecule has 1 saturated carbocycles. The molecule has 1 fully saturated rings. The fourth-order valence-electron chi connectivity index (χ4n) is 1.50. The zero-order valence-corrected chi connectivity index (χ0v) is 5.20. The Kier molecular flexibility index (Phi) is 0.662. The molecule has 2 rings (SSSR count). The van der Waals surface area contributed by atoms with Crippen molar-refractivity contribution in [2.75, 3.05) is 6.54 Å². The average Bonchev–Trinajstić information content (AvgIpc) is 2.19. The summed E-state index contributed by atoms with van der Waals surface area (Å²) in [5.41, 5.74) is 2.20. The van der Waals surface area contributed by atoms with E-state index < -0.39 is 0 Å². The lowest BCUT2D eigenvalue weighted by Crippen LogP contribution is -2.33. The number of fused-ring (bicyclic) bond motifs is 1. The summed E-state index contributed by atoms with van der Waals surface area (Å²) in [5.74, 6) is 0. The van der Waals surface area contributed by atoms with Gasteiger partial charge in [0.1, 0.15) is 0 Å². The first-order valence-corrected chi connectivity index (χ1v) is 3.32. The Morgan fingerprint density at radius 2 is 2.75 bits per heavy atom. The third kappa shape index (κ3) is 0.360. The third-order valence-corrected chi connectivity index (χ3v) is 2.19. The molecule has 0 radical (unpaired) electrons. The molecule has 2 aliphatic carbocycles. The zero-order valence-electron chi connectivity index (χ0n) is 5.20. The van der Waals surface area contributed by atoms with E-state index in [2.05, 4.69) is 18.3 Å². The molecule has 0 aromatic carbocycles. The van der Waals surface area contributed by atoms with E-state index in [9.17, 15) is 0 Å². The maximum atomic E-state index is 3.46. The fraction of sp³-hybridized carbons (Fsp3) is 0.714. The van der Waals surface area contributed by atoms with Gasteiger partial charge >= 0.3 is 0 Å². The lowest BCUT2D eigenvalue weighted by atomic mass is 10.0. The minimum absolute atomic E-state index is 0.550. The number of rotatable bonds is 2. The van der Waals surface area contributed by atoms with E-state index in [0.29, 0.717) is 5.54 Å². The van der Waals surface area contributed by atoms with Gasteiger partial charge in [-0.05, 0) is 19.4 Å². The van der Waals surface area contributed by atoms with Crippen LogP contribution in [0.3, 0.4) is 0 Å². The highest BCUT2D eigenvalue weighted by Crippen LogP contribution is 2.53. The monoisotopic (exact) mass is 109 g/mol. The predicted octanol–water partition coefficient (Wildman–Crippen LogP) is 1.07. The first-order valence-electron chi connectivity index (χ1n) is 3.32. The molecule has 2 aliphatic rings. The number of hydrogen-bond donors (Lipinski definition) is 1. The van der Waals surface area contributed by atoms with Crippen LogP contribution in [0.4, 0.5) is 0 Å². The van der Waals surface area contributed by atoms with Crippen LogP contribution in [0, 0.1) is 0 Å². The number of nitrogens with one attached hydrogen (secondary N) is 1. The molecule has 1 nitrogen and oxygen atoms in total. The van der Waals surface area contributed by atoms with E-state index in [0.717, 1.165) is 6.54 Å². The summed E-state index contributed by atoms with van der Waals surface area (Å²) < 4.78 is 0. The highest BCUT2D eigenvalue weighted by atomic mass is 15.0. The van der Waals surface area contributed by atoms with Crippen LogP contribution in [0.15, 0.2) is 11.6 Å². The zero-order chi connectivity index (χ0) is 5.61. The van der Waals surface area contributed by atoms with Crippen molar-refractivity contribution in [1.29, 1.82) is 0 Å². The Balaban J connectivity index is 2.01. The average molecular weight is 109 g/mol. The Morgan fingerprint density at radius 1 is 1.88 bits per heavy atom. The number of hydrogen-bond acceptors (Lipinski definition) is 1. The summed E-state index contributed by atoms with van der Waals surface area (Å²) >= 11 is 0. The summed E-state index contributed by atoms with van der Waals surface area (Å²) in [4.78, 5) is 0. The van der Waals surface area contributed by atoms with Gasteiger partial charge in [-0.3, -0.25) is 0 Å². The summed E-state index contributed by atoms with van der Waals surface area (Å²) in [5, 5.41) is 3.46. The van der Waals surface area contributed by atoms with Gasteiger partial charge in [0.05, 0.1) is 0 Å². The number of likely N-dealkylation sites (N-methyl/N-ethyl adjacent to an activating group) is 1. The van der Waals surface area contributed by atoms with Crippen LogP contribution in [0.25, 0.3) is 0 Å². The quantitative estimate of drug-likeness (QED) is 0.523. The molecule has 0 heterocycles. The van der Waals surface area contributed by atoms with Crippen molar-refractivity contribution in [1.82, 2.24) is 5.32 Å². The van der Waals surface area contributed by atoms with Crippen molar-refractivity contribution in [3.8, 4) is 0 Å². The van der Waals surface area contributed by atoms with Gasteiger partial charge in [0.25, 0.3) is 0 Å². The van der Waals surface area contributed by atoms with Gasteiger partial charge in [0, 0.05) is 5.54 Å². The van der Waals surface area contributed by atoms with Gasteiger partial charge in [-0.25, -0.2) is 0 Å². The van der Waals surface area contributed by atoms with Gasteiger partial charge in [0.15, 0.2) is 0 Å². The molecule has 0 saturated heterocycles. The molecule has 8 heavy (non-hydrogen) atoms. The Hall–Kier alpha value is -0.300. The van der Waals surface area contributed by atoms with Crippen molar-refractivity contribution in [2.45, 2.75) is 25.3 Å². The van der Waals surface area contributed by atoms with Crippen molar-refractivity contribution in [3.05, 3.63) is 11.6 Å². The van der Waals surface area contributed by atoms with Crippen LogP contribution >= 0.6 is 0 Å². The van der Waals surface area contributed by atoms with E-state index in [4.69, 9.17) is 0 Å². The first-order chi connectivity index (χ1) is 3.87. The topological polar surface area (TPSA) is 12.0 Å². The highest BCUT2D eigenvalue weighted by molar-refractivity contribution is 5.48. The minimum atomic E-state index is 0.550. The molecule has 1 unspecified atom stereocenters. The molecular weight excluding hydrogens is 98.1 g/mol. The molecule has 44 valence electrons. The molecule has 0 aliphatic heterocycles. The Morgan fingerprint density at radius 3 is 2.88 bits per heavy atom. The molecule has 0 amide bonds. The molecule has 1 N–H and O–H groups in total. The van der Waals surface area contributed by atoms with E-state index >= 15 is 0 Å². The maximum absolute atomic E-state index is 3.46. The lowest BCUT2D eigenvalue weighted by molar-refractivity contribution is 0.518. The summed E-state index contributed by atoms with van der Waals surface area (Å²) in [6.07, 6.45) is 4.96. The van der Waals surface area contributed by atoms with Crippen LogP contribution < -0.4 is 5.32 Å². The fourth-order valence-corrected chi connectivity index (χ4v) is 1.50. The molecule has 0 bridgehead atoms. The second-order valence-corrected chi connectivity index (χ2v) is 2.72. The van der Waals surface area contributed by atoms with Gasteiger partial charge in [0.2, 0.25) is 0 Å². The molecule has 0 aromatic rings. The third-order valence-electron chi connectivity index (χ3n) is 2.19. The van der Waals surface area contributed by atoms with Crippen molar-refractivity contribution >= 4 is 0 Å². The smallest absolute Gasteiger partial charge is 0.0467 e. The van der Waals surface area contributed by atoms with Gasteiger partial charge < -0.3 is 5.32 Å². The largest absolute Gasteiger partial charge is 0.307 e. The molecule has 1 heteroatoms. The van der Waals surface area contributed by atoms with E-state index in [-0.39, 0.29) is 0 Å². The molecule has 0 aromatic heterocycles. The molecular formula is C7H11N. The van der Waals surface area contributed by atoms with Crippen LogP contribution in [0.2, 0.25) is 0 Å². The van der Waals surface area contributed by atoms with Crippen LogP contribution in [-0.2, 0) is 0 Å². The van der Waals surface area contributed by atoms with Crippen molar-refractivity contribution in [2.24, 2.45) is 0 Å². The van der Waals surface area contributed by atoms with Crippen LogP contribution in [0.5, 0.6) is 0 Å². The SMILES string of the molecule is CCNC12CC=C1C2. The van der Waals surface area contributed by atoms with Crippen molar-refractivity contribution in [3.63, 3.8) is 0 Å². The van der Waals surface area contributed by atoms with Gasteiger partial charge in [-0.2, -0.15) is 0 Å².